The summed E-state index contributed by atoms with van der Waals surface area (Å²) in [5.41, 5.74) is 3.12. The molecular weight excluding hydrogens is 328 g/mol. The molecule has 0 fully saturated rings. The number of hydrogen-bond donors (Lipinski definition) is 3. The van der Waals surface area contributed by atoms with Gasteiger partial charge in [-0.05, 0) is 35.9 Å². The Labute approximate surface area is 144 Å². The summed E-state index contributed by atoms with van der Waals surface area (Å²) in [6, 6.07) is 7.16. The maximum absolute atomic E-state index is 12.2. The van der Waals surface area contributed by atoms with Gasteiger partial charge in [-0.15, -0.1) is 0 Å². The van der Waals surface area contributed by atoms with Crippen LogP contribution in [0.1, 0.15) is 15.9 Å². The van der Waals surface area contributed by atoms with Crippen molar-refractivity contribution in [2.24, 2.45) is 5.10 Å². The molecule has 25 heavy (non-hydrogen) atoms. The first-order chi connectivity index (χ1) is 12.0. The van der Waals surface area contributed by atoms with Gasteiger partial charge in [0.05, 0.1) is 27.5 Å². The lowest BCUT2D eigenvalue weighted by Crippen LogP contribution is -2.18. The Bertz CT molecular complexity index is 779. The molecule has 8 nitrogen and oxygen atoms in total. The van der Waals surface area contributed by atoms with E-state index in [2.05, 4.69) is 10.5 Å². The van der Waals surface area contributed by atoms with Gasteiger partial charge in [0, 0.05) is 5.56 Å². The molecule has 0 bridgehead atoms. The van der Waals surface area contributed by atoms with Crippen LogP contribution in [0.5, 0.6) is 28.7 Å². The Kier molecular flexibility index (Phi) is 5.67. The smallest absolute Gasteiger partial charge is 0.271 e. The maximum atomic E-state index is 12.2. The molecule has 0 aliphatic rings. The number of nitrogens with one attached hydrogen (secondary N) is 1. The molecule has 0 aliphatic heterocycles. The predicted molar refractivity (Wildman–Crippen MR) is 90.9 cm³/mol. The van der Waals surface area contributed by atoms with E-state index < -0.39 is 5.91 Å². The molecule has 0 radical (unpaired) electrons. The number of ether oxygens (including phenoxy) is 3. The van der Waals surface area contributed by atoms with Crippen LogP contribution in [0.2, 0.25) is 0 Å². The third-order valence-corrected chi connectivity index (χ3v) is 3.31. The summed E-state index contributed by atoms with van der Waals surface area (Å²) >= 11 is 0. The van der Waals surface area contributed by atoms with Crippen LogP contribution in [0.15, 0.2) is 35.4 Å². The second-order valence-electron chi connectivity index (χ2n) is 4.86. The average Bonchev–Trinajstić information content (AvgIpc) is 2.63. The van der Waals surface area contributed by atoms with Crippen molar-refractivity contribution in [1.82, 2.24) is 5.43 Å². The highest BCUT2D eigenvalue weighted by Gasteiger charge is 2.16. The van der Waals surface area contributed by atoms with E-state index in [0.717, 1.165) is 0 Å². The van der Waals surface area contributed by atoms with Crippen molar-refractivity contribution >= 4 is 12.1 Å². The SMILES string of the molecule is COc1cc(C(=O)N/N=C/c2ccc(O)c(O)c2)cc(OC)c1OC. The second-order valence-corrected chi connectivity index (χ2v) is 4.86. The van der Waals surface area contributed by atoms with Crippen molar-refractivity contribution in [2.45, 2.75) is 0 Å². The molecule has 0 saturated heterocycles. The molecule has 0 unspecified atom stereocenters. The largest absolute Gasteiger partial charge is 0.504 e. The summed E-state index contributed by atoms with van der Waals surface area (Å²) in [6.45, 7) is 0. The fourth-order valence-corrected chi connectivity index (χ4v) is 2.06. The number of phenolic OH excluding ortho intramolecular Hbond substituents is 2. The standard InChI is InChI=1S/C17H18N2O6/c1-23-14-7-11(8-15(24-2)16(14)25-3)17(22)19-18-9-10-4-5-12(20)13(21)6-10/h4-9,20-21H,1-3H3,(H,19,22)/b18-9+. The van der Waals surface area contributed by atoms with E-state index in [0.29, 0.717) is 22.8 Å². The van der Waals surface area contributed by atoms with E-state index in [-0.39, 0.29) is 17.1 Å². The number of carbonyl (C=O) groups is 1. The number of benzene rings is 2. The molecule has 2 rings (SSSR count). The van der Waals surface area contributed by atoms with Gasteiger partial charge < -0.3 is 24.4 Å². The van der Waals surface area contributed by atoms with Crippen LogP contribution in [-0.2, 0) is 0 Å². The van der Waals surface area contributed by atoms with Crippen LogP contribution in [0, 0.1) is 0 Å². The number of hydrazone groups is 1. The van der Waals surface area contributed by atoms with Gasteiger partial charge in [-0.25, -0.2) is 5.43 Å². The number of rotatable bonds is 6. The number of aromatic hydroxyl groups is 2. The van der Waals surface area contributed by atoms with Gasteiger partial charge in [-0.1, -0.05) is 0 Å². The first kappa shape index (κ1) is 17.9. The molecule has 0 heterocycles. The summed E-state index contributed by atoms with van der Waals surface area (Å²) in [4.78, 5) is 12.2. The first-order valence-corrected chi connectivity index (χ1v) is 7.15. The highest BCUT2D eigenvalue weighted by atomic mass is 16.5. The zero-order valence-electron chi connectivity index (χ0n) is 13.9. The second kappa shape index (κ2) is 7.91. The number of methoxy groups -OCH3 is 3. The van der Waals surface area contributed by atoms with Gasteiger partial charge in [0.1, 0.15) is 0 Å². The van der Waals surface area contributed by atoms with Crippen LogP contribution >= 0.6 is 0 Å². The van der Waals surface area contributed by atoms with Gasteiger partial charge in [0.2, 0.25) is 5.75 Å². The zero-order valence-corrected chi connectivity index (χ0v) is 13.9. The Morgan fingerprint density at radius 1 is 1.00 bits per heavy atom. The summed E-state index contributed by atoms with van der Waals surface area (Å²) < 4.78 is 15.6. The molecule has 0 aliphatic carbocycles. The molecule has 0 atom stereocenters. The molecule has 1 amide bonds. The number of hydrogen-bond acceptors (Lipinski definition) is 7. The Balaban J connectivity index is 2.17. The van der Waals surface area contributed by atoms with Crippen LogP contribution in [-0.4, -0.2) is 43.7 Å². The highest BCUT2D eigenvalue weighted by Crippen LogP contribution is 2.38. The Morgan fingerprint density at radius 3 is 2.16 bits per heavy atom. The van der Waals surface area contributed by atoms with Crippen LogP contribution in [0.25, 0.3) is 0 Å². The summed E-state index contributed by atoms with van der Waals surface area (Å²) in [5, 5.41) is 22.5. The van der Waals surface area contributed by atoms with E-state index in [9.17, 15) is 15.0 Å². The lowest BCUT2D eigenvalue weighted by molar-refractivity contribution is 0.0954. The van der Waals surface area contributed by atoms with Crippen molar-refractivity contribution < 1.29 is 29.2 Å². The number of phenols is 2. The number of amides is 1. The Hall–Kier alpha value is -3.42. The van der Waals surface area contributed by atoms with Gasteiger partial charge >= 0.3 is 0 Å². The van der Waals surface area contributed by atoms with Crippen molar-refractivity contribution in [1.29, 1.82) is 0 Å². The Morgan fingerprint density at radius 2 is 1.64 bits per heavy atom. The third-order valence-electron chi connectivity index (χ3n) is 3.31. The fourth-order valence-electron chi connectivity index (χ4n) is 2.06. The molecule has 132 valence electrons. The predicted octanol–water partition coefficient (Wildman–Crippen LogP) is 1.89. The minimum atomic E-state index is -0.487. The van der Waals surface area contributed by atoms with Gasteiger partial charge in [0.25, 0.3) is 5.91 Å². The average molecular weight is 346 g/mol. The molecule has 0 saturated carbocycles. The zero-order chi connectivity index (χ0) is 18.4. The van der Waals surface area contributed by atoms with E-state index in [1.807, 2.05) is 0 Å². The van der Waals surface area contributed by atoms with E-state index in [1.165, 1.54) is 57.9 Å². The third kappa shape index (κ3) is 4.11. The van der Waals surface area contributed by atoms with Gasteiger partial charge in [0.15, 0.2) is 23.0 Å². The molecular formula is C17H18N2O6. The van der Waals surface area contributed by atoms with E-state index >= 15 is 0 Å². The number of nitrogens with zero attached hydrogens (tertiary/aromatic N) is 1. The van der Waals surface area contributed by atoms with Crippen molar-refractivity contribution in [3.8, 4) is 28.7 Å². The van der Waals surface area contributed by atoms with Crippen molar-refractivity contribution in [3.63, 3.8) is 0 Å². The summed E-state index contributed by atoms with van der Waals surface area (Å²) in [6.07, 6.45) is 1.33. The highest BCUT2D eigenvalue weighted by molar-refractivity contribution is 5.96. The van der Waals surface area contributed by atoms with E-state index in [1.54, 1.807) is 0 Å². The molecule has 0 aromatic heterocycles. The molecule has 8 heteroatoms. The lowest BCUT2D eigenvalue weighted by atomic mass is 10.1. The van der Waals surface area contributed by atoms with Gasteiger partial charge in [-0.2, -0.15) is 5.10 Å². The molecule has 2 aromatic rings. The van der Waals surface area contributed by atoms with Crippen molar-refractivity contribution in [3.05, 3.63) is 41.5 Å². The molecule has 2 aromatic carbocycles. The topological polar surface area (TPSA) is 110 Å². The quantitative estimate of drug-likeness (QED) is 0.419. The first-order valence-electron chi connectivity index (χ1n) is 7.15. The summed E-state index contributed by atoms with van der Waals surface area (Å²) in [5.74, 6) is 0.0699. The van der Waals surface area contributed by atoms with Crippen LogP contribution in [0.3, 0.4) is 0 Å². The van der Waals surface area contributed by atoms with Crippen LogP contribution in [0.4, 0.5) is 0 Å². The molecule has 3 N–H and O–H groups in total. The molecule has 0 spiro atoms. The summed E-state index contributed by atoms with van der Waals surface area (Å²) in [7, 11) is 4.38. The lowest BCUT2D eigenvalue weighted by Gasteiger charge is -2.13. The van der Waals surface area contributed by atoms with E-state index in [4.69, 9.17) is 14.2 Å². The monoisotopic (exact) mass is 346 g/mol. The normalized spacial score (nSPS) is 10.5. The van der Waals surface area contributed by atoms with Gasteiger partial charge in [-0.3, -0.25) is 4.79 Å². The van der Waals surface area contributed by atoms with Crippen molar-refractivity contribution in [2.75, 3.05) is 21.3 Å². The van der Waals surface area contributed by atoms with Crippen LogP contribution < -0.4 is 19.6 Å². The number of carbonyl (C=O) groups excluding carboxylic acids is 1. The fraction of sp³-hybridized carbons (Fsp3) is 0.176. The minimum absolute atomic E-state index is 0.237. The minimum Gasteiger partial charge on any atom is -0.504 e. The maximum Gasteiger partial charge on any atom is 0.271 e.